The number of carbonyl (C=O) groups is 3. The Morgan fingerprint density at radius 2 is 2.07 bits per heavy atom. The summed E-state index contributed by atoms with van der Waals surface area (Å²) in [5.74, 6) is -0.399. The van der Waals surface area contributed by atoms with E-state index >= 15 is 0 Å². The molecule has 0 bridgehead atoms. The Hall–Kier alpha value is -2.48. The third-order valence-electron chi connectivity index (χ3n) is 5.47. The number of urea groups is 1. The summed E-state index contributed by atoms with van der Waals surface area (Å²) in [6.07, 6.45) is 2.21. The molecule has 4 rings (SSSR count). The van der Waals surface area contributed by atoms with E-state index < -0.39 is 17.5 Å². The minimum absolute atomic E-state index is 0.0418. The zero-order chi connectivity index (χ0) is 20.1. The van der Waals surface area contributed by atoms with Crippen LogP contribution in [-0.2, 0) is 9.59 Å². The fraction of sp³-hybridized carbons (Fsp3) is 0.500. The number of benzene rings is 1. The zero-order valence-corrected chi connectivity index (χ0v) is 17.1. The monoisotopic (exact) mass is 400 g/mol. The maximum atomic E-state index is 13.1. The van der Waals surface area contributed by atoms with Crippen LogP contribution in [0.1, 0.15) is 40.0 Å². The van der Waals surface area contributed by atoms with Crippen molar-refractivity contribution in [3.8, 4) is 0 Å². The number of nitrogens with one attached hydrogen (secondary N) is 2. The number of aromatic nitrogens is 1. The van der Waals surface area contributed by atoms with Crippen LogP contribution in [0.3, 0.4) is 0 Å². The van der Waals surface area contributed by atoms with Gasteiger partial charge in [0.2, 0.25) is 5.91 Å². The van der Waals surface area contributed by atoms with Crippen molar-refractivity contribution < 1.29 is 14.4 Å². The maximum absolute atomic E-state index is 13.1. The minimum Gasteiger partial charge on any atom is -0.323 e. The van der Waals surface area contributed by atoms with Crippen LogP contribution in [0.5, 0.6) is 0 Å². The number of fused-ring (bicyclic) bond motifs is 1. The van der Waals surface area contributed by atoms with Gasteiger partial charge in [0.1, 0.15) is 12.1 Å². The molecule has 4 amide bonds. The van der Waals surface area contributed by atoms with Gasteiger partial charge in [-0.05, 0) is 42.7 Å². The predicted octanol–water partition coefficient (Wildman–Crippen LogP) is 3.37. The second-order valence-corrected chi connectivity index (χ2v) is 9.82. The van der Waals surface area contributed by atoms with Crippen molar-refractivity contribution in [2.75, 3.05) is 11.9 Å². The van der Waals surface area contributed by atoms with Gasteiger partial charge in [-0.1, -0.05) is 44.2 Å². The maximum Gasteiger partial charge on any atom is 0.325 e. The SMILES string of the molecule is CC1CC(C)(C)CC2(C1)NC(=O)N(CC(=O)Nc1nc3ccccc3s1)C2=O. The summed E-state index contributed by atoms with van der Waals surface area (Å²) in [5.41, 5.74) is -0.135. The van der Waals surface area contributed by atoms with Crippen molar-refractivity contribution in [1.29, 1.82) is 0 Å². The predicted molar refractivity (Wildman–Crippen MR) is 108 cm³/mol. The highest BCUT2D eigenvalue weighted by atomic mass is 32.1. The van der Waals surface area contributed by atoms with E-state index in [9.17, 15) is 14.4 Å². The largest absolute Gasteiger partial charge is 0.325 e. The standard InChI is InChI=1S/C20H24N4O3S/c1-12-8-19(2,3)11-20(9-12)16(26)24(18(27)23-20)10-15(25)22-17-21-13-6-4-5-7-14(13)28-17/h4-7,12H,8-11H2,1-3H3,(H,23,27)(H,21,22,25). The van der Waals surface area contributed by atoms with Crippen molar-refractivity contribution in [2.45, 2.75) is 45.6 Å². The summed E-state index contributed by atoms with van der Waals surface area (Å²) >= 11 is 1.36. The van der Waals surface area contributed by atoms with Crippen LogP contribution >= 0.6 is 11.3 Å². The van der Waals surface area contributed by atoms with Gasteiger partial charge in [-0.2, -0.15) is 0 Å². The summed E-state index contributed by atoms with van der Waals surface area (Å²) in [6, 6.07) is 7.09. The molecule has 148 valence electrons. The van der Waals surface area contributed by atoms with Gasteiger partial charge in [0.15, 0.2) is 5.13 Å². The van der Waals surface area contributed by atoms with E-state index in [1.54, 1.807) is 0 Å². The second-order valence-electron chi connectivity index (χ2n) is 8.79. The number of hydrogen-bond donors (Lipinski definition) is 2. The first-order valence-electron chi connectivity index (χ1n) is 9.47. The Bertz CT molecular complexity index is 936. The van der Waals surface area contributed by atoms with Crippen LogP contribution in [0, 0.1) is 11.3 Å². The number of para-hydroxylation sites is 1. The number of amides is 4. The van der Waals surface area contributed by atoms with Crippen LogP contribution in [0.15, 0.2) is 24.3 Å². The molecule has 1 aliphatic heterocycles. The highest BCUT2D eigenvalue weighted by molar-refractivity contribution is 7.22. The van der Waals surface area contributed by atoms with E-state index in [2.05, 4.69) is 36.4 Å². The van der Waals surface area contributed by atoms with Crippen LogP contribution in [0.2, 0.25) is 0 Å². The lowest BCUT2D eigenvalue weighted by atomic mass is 9.64. The highest BCUT2D eigenvalue weighted by Crippen LogP contribution is 2.46. The lowest BCUT2D eigenvalue weighted by Gasteiger charge is -2.43. The quantitative estimate of drug-likeness (QED) is 0.773. The van der Waals surface area contributed by atoms with E-state index in [0.29, 0.717) is 23.9 Å². The van der Waals surface area contributed by atoms with Crippen molar-refractivity contribution >= 4 is 44.5 Å². The smallest absolute Gasteiger partial charge is 0.323 e. The number of thiazole rings is 1. The van der Waals surface area contributed by atoms with E-state index in [0.717, 1.165) is 21.5 Å². The van der Waals surface area contributed by atoms with Gasteiger partial charge in [0, 0.05) is 0 Å². The molecule has 2 fully saturated rings. The van der Waals surface area contributed by atoms with Crippen LogP contribution in [-0.4, -0.2) is 39.8 Å². The van der Waals surface area contributed by atoms with Crippen LogP contribution < -0.4 is 10.6 Å². The van der Waals surface area contributed by atoms with E-state index in [-0.39, 0.29) is 17.9 Å². The van der Waals surface area contributed by atoms with Crippen molar-refractivity contribution in [2.24, 2.45) is 11.3 Å². The molecule has 2 atom stereocenters. The molecular weight excluding hydrogens is 376 g/mol. The average molecular weight is 401 g/mol. The summed E-state index contributed by atoms with van der Waals surface area (Å²) in [5, 5.41) is 6.06. The molecule has 1 aromatic heterocycles. The van der Waals surface area contributed by atoms with Crippen LogP contribution in [0.25, 0.3) is 10.2 Å². The molecule has 1 saturated carbocycles. The Labute approximate surface area is 167 Å². The molecule has 2 heterocycles. The van der Waals surface area contributed by atoms with Gasteiger partial charge in [-0.25, -0.2) is 9.78 Å². The molecule has 2 aromatic rings. The number of carbonyl (C=O) groups excluding carboxylic acids is 3. The van der Waals surface area contributed by atoms with Gasteiger partial charge in [0.05, 0.1) is 10.2 Å². The van der Waals surface area contributed by atoms with Gasteiger partial charge in [-0.15, -0.1) is 0 Å². The van der Waals surface area contributed by atoms with Gasteiger partial charge < -0.3 is 10.6 Å². The normalized spacial score (nSPS) is 26.7. The number of imide groups is 1. The Balaban J connectivity index is 1.47. The van der Waals surface area contributed by atoms with E-state index in [4.69, 9.17) is 0 Å². The Morgan fingerprint density at radius 3 is 2.79 bits per heavy atom. The average Bonchev–Trinajstić information content (AvgIpc) is 3.07. The number of nitrogens with zero attached hydrogens (tertiary/aromatic N) is 2. The third-order valence-corrected chi connectivity index (χ3v) is 6.42. The molecule has 1 spiro atoms. The molecular formula is C20H24N4O3S. The molecule has 7 nitrogen and oxygen atoms in total. The molecule has 1 aliphatic carbocycles. The van der Waals surface area contributed by atoms with E-state index in [1.165, 1.54) is 11.3 Å². The van der Waals surface area contributed by atoms with Crippen molar-refractivity contribution in [3.05, 3.63) is 24.3 Å². The lowest BCUT2D eigenvalue weighted by molar-refractivity contribution is -0.136. The fourth-order valence-corrected chi connectivity index (χ4v) is 5.76. The topological polar surface area (TPSA) is 91.4 Å². The van der Waals surface area contributed by atoms with Gasteiger partial charge >= 0.3 is 6.03 Å². The number of rotatable bonds is 3. The number of anilines is 1. The molecule has 2 unspecified atom stereocenters. The molecule has 2 aliphatic rings. The zero-order valence-electron chi connectivity index (χ0n) is 16.2. The van der Waals surface area contributed by atoms with E-state index in [1.807, 2.05) is 24.3 Å². The second kappa shape index (κ2) is 6.55. The molecule has 1 saturated heterocycles. The summed E-state index contributed by atoms with van der Waals surface area (Å²) < 4.78 is 0.963. The van der Waals surface area contributed by atoms with Gasteiger partial charge in [0.25, 0.3) is 5.91 Å². The first kappa shape index (κ1) is 18.9. The Kier molecular flexibility index (Phi) is 4.41. The summed E-state index contributed by atoms with van der Waals surface area (Å²) in [4.78, 5) is 43.5. The van der Waals surface area contributed by atoms with Crippen molar-refractivity contribution in [3.63, 3.8) is 0 Å². The lowest BCUT2D eigenvalue weighted by Crippen LogP contribution is -2.54. The molecule has 0 radical (unpaired) electrons. The summed E-state index contributed by atoms with van der Waals surface area (Å²) in [6.45, 7) is 6.03. The first-order chi connectivity index (χ1) is 13.2. The third kappa shape index (κ3) is 3.37. The van der Waals surface area contributed by atoms with Crippen LogP contribution in [0.4, 0.5) is 9.93 Å². The highest BCUT2D eigenvalue weighted by Gasteiger charge is 2.56. The molecule has 28 heavy (non-hydrogen) atoms. The number of hydrogen-bond acceptors (Lipinski definition) is 5. The Morgan fingerprint density at radius 1 is 1.32 bits per heavy atom. The fourth-order valence-electron chi connectivity index (χ4n) is 4.88. The minimum atomic E-state index is -0.894. The van der Waals surface area contributed by atoms with Gasteiger partial charge in [-0.3, -0.25) is 14.5 Å². The molecule has 2 N–H and O–H groups in total. The van der Waals surface area contributed by atoms with Crippen molar-refractivity contribution in [1.82, 2.24) is 15.2 Å². The molecule has 8 heteroatoms. The molecule has 1 aromatic carbocycles. The first-order valence-corrected chi connectivity index (χ1v) is 10.3. The summed E-state index contributed by atoms with van der Waals surface area (Å²) in [7, 11) is 0.